The molecule has 0 bridgehead atoms. The molecule has 0 fully saturated rings. The number of benzene rings is 4. The SMILES string of the molecule is CC(C)(C)c1ccc(-c2cc3ccccc3[cH-]2)cc1.CC(C)(C)c1ccc(-c2cc3ccccc3[cH-]2)cc1.[Cl][Ti][Cl]. The molecular weight excluding hydrogens is 575 g/mol. The normalized spacial score (nSPS) is 11.4. The molecule has 3 heteroatoms. The fraction of sp³-hybridized carbons (Fsp3) is 0.211. The van der Waals surface area contributed by atoms with E-state index < -0.39 is 17.0 Å². The third-order valence-corrected chi connectivity index (χ3v) is 7.40. The van der Waals surface area contributed by atoms with Crippen LogP contribution in [0.15, 0.2) is 121 Å². The van der Waals surface area contributed by atoms with Gasteiger partial charge in [-0.2, -0.15) is 0 Å². The van der Waals surface area contributed by atoms with E-state index in [4.69, 9.17) is 18.6 Å². The zero-order valence-corrected chi connectivity index (χ0v) is 27.9. The first-order valence-corrected chi connectivity index (χ1v) is 18.3. The van der Waals surface area contributed by atoms with Gasteiger partial charge in [0.1, 0.15) is 0 Å². The zero-order valence-electron chi connectivity index (χ0n) is 24.8. The maximum atomic E-state index is 4.89. The maximum absolute atomic E-state index is 4.89. The second kappa shape index (κ2) is 13.6. The van der Waals surface area contributed by atoms with E-state index in [1.54, 1.807) is 0 Å². The average molecular weight is 613 g/mol. The van der Waals surface area contributed by atoms with E-state index in [2.05, 4.69) is 163 Å². The van der Waals surface area contributed by atoms with Gasteiger partial charge in [-0.05, 0) is 22.0 Å². The third-order valence-electron chi connectivity index (χ3n) is 7.40. The number of fused-ring (bicyclic) bond motifs is 2. The molecule has 0 aliphatic rings. The minimum atomic E-state index is -0.556. The first kappa shape index (κ1) is 31.3. The number of halogens is 2. The summed E-state index contributed by atoms with van der Waals surface area (Å²) in [5.74, 6) is 0. The van der Waals surface area contributed by atoms with Gasteiger partial charge in [0.2, 0.25) is 0 Å². The Hall–Kier alpha value is -2.61. The molecule has 0 nitrogen and oxygen atoms in total. The summed E-state index contributed by atoms with van der Waals surface area (Å²) >= 11 is -0.556. The Bertz CT molecular complexity index is 1480. The van der Waals surface area contributed by atoms with E-state index in [0.29, 0.717) is 0 Å². The Kier molecular flexibility index (Phi) is 10.4. The summed E-state index contributed by atoms with van der Waals surface area (Å²) in [5.41, 5.74) is 8.40. The monoisotopic (exact) mass is 612 g/mol. The summed E-state index contributed by atoms with van der Waals surface area (Å²) in [6.07, 6.45) is 0. The Morgan fingerprint density at radius 2 is 0.805 bits per heavy atom. The Labute approximate surface area is 262 Å². The van der Waals surface area contributed by atoms with E-state index in [9.17, 15) is 0 Å². The molecule has 0 N–H and O–H groups in total. The molecule has 0 atom stereocenters. The van der Waals surface area contributed by atoms with E-state index in [1.165, 1.54) is 54.9 Å². The minimum absolute atomic E-state index is 0.218. The van der Waals surface area contributed by atoms with Crippen molar-refractivity contribution in [3.8, 4) is 22.3 Å². The van der Waals surface area contributed by atoms with Gasteiger partial charge in [0.05, 0.1) is 0 Å². The van der Waals surface area contributed by atoms with Gasteiger partial charge in [-0.1, -0.05) is 138 Å². The predicted octanol–water partition coefficient (Wildman–Crippen LogP) is 12.4. The molecule has 0 amide bonds. The molecule has 0 saturated heterocycles. The van der Waals surface area contributed by atoms with Crippen LogP contribution in [0.5, 0.6) is 0 Å². The second-order valence-corrected chi connectivity index (χ2v) is 15.1. The molecule has 6 aromatic rings. The van der Waals surface area contributed by atoms with Crippen molar-refractivity contribution in [2.24, 2.45) is 0 Å². The molecule has 41 heavy (non-hydrogen) atoms. The van der Waals surface area contributed by atoms with E-state index in [1.807, 2.05) is 0 Å². The summed E-state index contributed by atoms with van der Waals surface area (Å²) in [6, 6.07) is 44.0. The molecular formula is C38H38Cl2Ti-2. The van der Waals surface area contributed by atoms with Crippen molar-refractivity contribution in [2.75, 3.05) is 0 Å². The topological polar surface area (TPSA) is 0 Å². The molecule has 0 spiro atoms. The van der Waals surface area contributed by atoms with Crippen molar-refractivity contribution < 1.29 is 17.0 Å². The van der Waals surface area contributed by atoms with Gasteiger partial charge in [-0.25, -0.2) is 0 Å². The Morgan fingerprint density at radius 3 is 1.10 bits per heavy atom. The summed E-state index contributed by atoms with van der Waals surface area (Å²) in [6.45, 7) is 13.5. The molecule has 0 aliphatic carbocycles. The molecule has 0 heterocycles. The van der Waals surface area contributed by atoms with Crippen molar-refractivity contribution in [1.29, 1.82) is 0 Å². The standard InChI is InChI=1S/2C19H19.2ClH.Ti/c2*1-19(2,3)18-10-8-14(9-11-18)17-12-15-6-4-5-7-16(15)13-17;;;/h2*4-13H,1-3H3;2*1H;/q2*-1;;;+2/p-2. The quantitative estimate of drug-likeness (QED) is 0.135. The molecule has 6 rings (SSSR count). The van der Waals surface area contributed by atoms with Crippen LogP contribution in [0.1, 0.15) is 52.7 Å². The van der Waals surface area contributed by atoms with Crippen LogP contribution in [-0.2, 0) is 27.9 Å². The first-order chi connectivity index (χ1) is 19.5. The van der Waals surface area contributed by atoms with Crippen LogP contribution >= 0.6 is 18.6 Å². The third kappa shape index (κ3) is 8.24. The van der Waals surface area contributed by atoms with Gasteiger partial charge in [0.15, 0.2) is 0 Å². The van der Waals surface area contributed by atoms with Crippen LogP contribution in [0.4, 0.5) is 0 Å². The van der Waals surface area contributed by atoms with Crippen molar-refractivity contribution in [1.82, 2.24) is 0 Å². The molecule has 0 radical (unpaired) electrons. The molecule has 210 valence electrons. The van der Waals surface area contributed by atoms with Gasteiger partial charge < -0.3 is 0 Å². The van der Waals surface area contributed by atoms with Gasteiger partial charge in [-0.3, -0.25) is 0 Å². The average Bonchev–Trinajstić information content (AvgIpc) is 3.58. The van der Waals surface area contributed by atoms with Crippen molar-refractivity contribution in [2.45, 2.75) is 52.4 Å². The Morgan fingerprint density at radius 1 is 0.488 bits per heavy atom. The summed E-state index contributed by atoms with van der Waals surface area (Å²) in [7, 11) is 9.78. The van der Waals surface area contributed by atoms with Crippen molar-refractivity contribution in [3.05, 3.63) is 132 Å². The molecule has 0 unspecified atom stereocenters. The summed E-state index contributed by atoms with van der Waals surface area (Å²) in [5, 5.41) is 5.27. The van der Waals surface area contributed by atoms with Crippen LogP contribution < -0.4 is 0 Å². The Balaban J connectivity index is 0.000000173. The number of rotatable bonds is 2. The number of hydrogen-bond donors (Lipinski definition) is 0. The molecule has 0 saturated carbocycles. The van der Waals surface area contributed by atoms with Crippen LogP contribution in [-0.4, -0.2) is 0 Å². The summed E-state index contributed by atoms with van der Waals surface area (Å²) < 4.78 is 0. The van der Waals surface area contributed by atoms with Crippen molar-refractivity contribution in [3.63, 3.8) is 0 Å². The van der Waals surface area contributed by atoms with Gasteiger partial charge in [0.25, 0.3) is 0 Å². The van der Waals surface area contributed by atoms with Crippen LogP contribution in [0.2, 0.25) is 0 Å². The predicted molar refractivity (Wildman–Crippen MR) is 179 cm³/mol. The van der Waals surface area contributed by atoms with Gasteiger partial charge in [0, 0.05) is 0 Å². The van der Waals surface area contributed by atoms with E-state index >= 15 is 0 Å². The first-order valence-electron chi connectivity index (χ1n) is 14.0. The van der Waals surface area contributed by atoms with Crippen LogP contribution in [0.25, 0.3) is 43.8 Å². The summed E-state index contributed by atoms with van der Waals surface area (Å²) in [4.78, 5) is 0. The fourth-order valence-electron chi connectivity index (χ4n) is 4.96. The fourth-order valence-corrected chi connectivity index (χ4v) is 4.96. The van der Waals surface area contributed by atoms with Crippen LogP contribution in [0, 0.1) is 0 Å². The zero-order chi connectivity index (χ0) is 29.6. The molecule has 0 aliphatic heterocycles. The molecule has 6 aromatic carbocycles. The van der Waals surface area contributed by atoms with Gasteiger partial charge >= 0.3 is 35.6 Å². The van der Waals surface area contributed by atoms with Crippen LogP contribution in [0.3, 0.4) is 0 Å². The van der Waals surface area contributed by atoms with E-state index in [0.717, 1.165) is 0 Å². The van der Waals surface area contributed by atoms with Gasteiger partial charge in [-0.15, -0.1) is 69.1 Å². The van der Waals surface area contributed by atoms with Crippen molar-refractivity contribution >= 4 is 40.2 Å². The van der Waals surface area contributed by atoms with E-state index in [-0.39, 0.29) is 10.8 Å². The number of hydrogen-bond acceptors (Lipinski definition) is 0. The second-order valence-electron chi connectivity index (χ2n) is 12.5. The molecule has 0 aromatic heterocycles.